The number of H-pyrrole nitrogens is 2. The van der Waals surface area contributed by atoms with Crippen molar-refractivity contribution in [2.75, 3.05) is 41.7 Å². The fraction of sp³-hybridized carbons (Fsp3) is 0.279. The molecular formula is C86H90Br4Cl8MgN14O10Sn. The number of fused-ring (bicyclic) bond motifs is 7. The molecule has 0 unspecified atom stereocenters. The van der Waals surface area contributed by atoms with Crippen molar-refractivity contribution in [1.82, 2.24) is 69.8 Å². The number of aromatic nitrogens is 14. The number of hydrogen-bond donors (Lipinski definition) is 3. The Morgan fingerprint density at radius 3 is 1.23 bits per heavy atom. The monoisotopic (exact) mass is 2220 g/mol. The van der Waals surface area contributed by atoms with Gasteiger partial charge in [0.15, 0.2) is 5.78 Å². The van der Waals surface area contributed by atoms with Gasteiger partial charge in [-0.3, -0.25) is 14.4 Å². The van der Waals surface area contributed by atoms with Crippen LogP contribution in [0.3, 0.4) is 0 Å². The van der Waals surface area contributed by atoms with Crippen molar-refractivity contribution in [3.63, 3.8) is 0 Å². The summed E-state index contributed by atoms with van der Waals surface area (Å²) >= 11 is 54.2. The molecule has 0 amide bonds. The molecule has 0 spiro atoms. The summed E-state index contributed by atoms with van der Waals surface area (Å²) in [5.74, 6) is 2.44. The van der Waals surface area contributed by atoms with Crippen LogP contribution in [-0.2, 0) is 15.1 Å². The van der Waals surface area contributed by atoms with Gasteiger partial charge in [0.25, 0.3) is 11.1 Å². The number of ketones is 1. The van der Waals surface area contributed by atoms with Crippen molar-refractivity contribution < 1.29 is 55.3 Å². The van der Waals surface area contributed by atoms with Gasteiger partial charge in [-0.2, -0.15) is 0 Å². The molecule has 0 aliphatic carbocycles. The second-order valence-electron chi connectivity index (χ2n) is 26.7. The molecule has 0 aromatic carbocycles. The Morgan fingerprint density at radius 1 is 0.444 bits per heavy atom. The molecule has 14 aromatic rings. The number of methoxy groups -OCH3 is 4. The van der Waals surface area contributed by atoms with Gasteiger partial charge in [-0.05, 0) is 135 Å². The van der Waals surface area contributed by atoms with Crippen LogP contribution >= 0.6 is 141 Å². The average molecular weight is 2230 g/mol. The van der Waals surface area contributed by atoms with Gasteiger partial charge in [-0.15, -0.1) is 0 Å². The van der Waals surface area contributed by atoms with Crippen LogP contribution in [0.5, 0.6) is 23.5 Å². The van der Waals surface area contributed by atoms with Crippen LogP contribution in [0.1, 0.15) is 115 Å². The molecule has 38 heteroatoms. The summed E-state index contributed by atoms with van der Waals surface area (Å²) in [6, 6.07) is 13.7. The van der Waals surface area contributed by atoms with Crippen LogP contribution in [0.15, 0.2) is 175 Å². The van der Waals surface area contributed by atoms with Crippen molar-refractivity contribution in [2.24, 2.45) is 0 Å². The Labute approximate surface area is 815 Å². The molecule has 0 saturated carbocycles. The molecule has 0 aliphatic heterocycles. The Kier molecular flexibility index (Phi) is 47.6. The van der Waals surface area contributed by atoms with Gasteiger partial charge in [0, 0.05) is 149 Å². The SMILES string of the molecule is C=C(OCC)c1cnc(OC)c2cnc(Cl)cc12.C=[C](OCC)[Sn]([CH2]CCC)([CH2]CCC)[CH2]CCC.COc1ncc(Br)c2cc(Cl)ncc12.COc1ncc(C(C)(C)O)c2cc(Cl)ncc12.COc1ncc(C(C)=O)c2cc(Cl)ncc12.Clc1cc2c(Br)cnc(Cl)c2cn1.O=c1[nH]cc(Br)c2cc(Cl)ncc12.O=c1[nH]ccc2cc(Cl)ncc12.[Br-].[CH3-].[Mg+2]. The number of aromatic amines is 2. The quantitative estimate of drug-likeness (QED) is 0.0198. The number of rotatable bonds is 21. The van der Waals surface area contributed by atoms with Crippen LogP contribution in [0.2, 0.25) is 54.5 Å². The maximum atomic E-state index is 11.4. The first-order chi connectivity index (χ1) is 57.7. The standard InChI is InChI=1S/C13H13ClN2O2.C12H13ClN2O2.C11H9ClN2O2.C9H6BrClN2O.C8H3BrCl2N2.C8H4BrClN2O.C8H5ClN2O.C4H7O.3C4H9.CH3.BrH.Mg.Sn/c1-4-18-8(2)10-6-16-13(17-3)11-7-15-12(14)5-9(10)11;1-12(2,16)9-6-15-11(17-3)8-5-14-10(13)4-7(8)9;1-6(15)8-4-14-11(16-2)9-5-13-10(12)3-7(8)9;1-14-9-6-3-12-8(11)2-5(6)7(10)4-13-9;9-6-3-13-8(11)5-2-12-7(10)1-4(5)6;9-6-3-12-8(13)5-2-11-7(10)1-4(5)6;9-7-3-5-1-2-10-8(12)6(5)4-11-7;1-3-5-4-2;3*1-3-4-2;;;;/h5-7H,2,4H2,1,3H3;4-6,16H,1-3H3;3-5H,1-2H3;2-4H,1H3;1-3H;1-3H,(H,12,13);1-4H,(H,10,12);1,4H2,2H3;3*1,3-4H2,2H3;1H3;1H;;/q;;;;;;;;;;;-1;;+2;/p-1. The van der Waals surface area contributed by atoms with Crippen molar-refractivity contribution >= 4 is 269 Å². The first kappa shape index (κ1) is 110. The molecule has 14 aromatic heterocycles. The molecule has 24 nitrogen and oxygen atoms in total. The molecule has 14 rings (SSSR count). The summed E-state index contributed by atoms with van der Waals surface area (Å²) in [4.78, 5) is 87.0. The number of halogens is 12. The number of nitrogens with zero attached hydrogens (tertiary/aromatic N) is 12. The number of ether oxygens (including phenoxy) is 6. The topological polar surface area (TPSA) is 313 Å². The Hall–Kier alpha value is -6.77. The number of Topliss-reactive ketones (excluding diaryl/α,β-unsaturated/α-hetero) is 1. The van der Waals surface area contributed by atoms with Crippen LogP contribution < -0.4 is 47.0 Å². The van der Waals surface area contributed by atoms with Crippen LogP contribution in [0.4, 0.5) is 0 Å². The van der Waals surface area contributed by atoms with E-state index >= 15 is 0 Å². The van der Waals surface area contributed by atoms with Gasteiger partial charge in [0.2, 0.25) is 23.5 Å². The maximum Gasteiger partial charge on any atom is 2.00 e. The largest absolute Gasteiger partial charge is 2.00 e. The third kappa shape index (κ3) is 30.7. The molecule has 0 aliphatic rings. The van der Waals surface area contributed by atoms with E-state index in [9.17, 15) is 19.5 Å². The molecule has 0 bridgehead atoms. The van der Waals surface area contributed by atoms with Gasteiger partial charge in [0.05, 0.1) is 73.0 Å². The minimum absolute atomic E-state index is 0. The van der Waals surface area contributed by atoms with Crippen LogP contribution in [0.25, 0.3) is 81.2 Å². The third-order valence-electron chi connectivity index (χ3n) is 18.1. The van der Waals surface area contributed by atoms with Crippen LogP contribution in [-0.4, -0.2) is 164 Å². The predicted molar refractivity (Wildman–Crippen MR) is 516 cm³/mol. The summed E-state index contributed by atoms with van der Waals surface area (Å²) < 4.78 is 40.0. The minimum Gasteiger partial charge on any atom is -1.00 e. The normalized spacial score (nSPS) is 10.6. The second kappa shape index (κ2) is 53.9. The summed E-state index contributed by atoms with van der Waals surface area (Å²) in [6.07, 6.45) is 30.3. The van der Waals surface area contributed by atoms with Gasteiger partial charge in [-0.25, -0.2) is 59.8 Å². The first-order valence-corrected chi connectivity index (χ1v) is 50.3. The number of unbranched alkanes of at least 4 members (excludes halogenated alkanes) is 3. The molecule has 0 fully saturated rings. The molecule has 0 atom stereocenters. The molecular weight excluding hydrogens is 2140 g/mol. The number of nitrogens with one attached hydrogen (secondary N) is 2. The first-order valence-electron chi connectivity index (χ1n) is 37.4. The maximum absolute atomic E-state index is 11.4. The van der Waals surface area contributed by atoms with Gasteiger partial charge < -0.3 is 63.2 Å². The van der Waals surface area contributed by atoms with E-state index < -0.39 is 24.0 Å². The van der Waals surface area contributed by atoms with Gasteiger partial charge >= 0.3 is 143 Å². The summed E-state index contributed by atoms with van der Waals surface area (Å²) in [5, 5.41) is 24.0. The summed E-state index contributed by atoms with van der Waals surface area (Å²) in [5.41, 5.74) is 0.691. The van der Waals surface area contributed by atoms with E-state index in [1.54, 1.807) is 152 Å². The van der Waals surface area contributed by atoms with Crippen molar-refractivity contribution in [3.05, 3.63) is 252 Å². The second-order valence-corrected chi connectivity index (χ2v) is 45.5. The predicted octanol–water partition coefficient (Wildman–Crippen LogP) is 22.0. The summed E-state index contributed by atoms with van der Waals surface area (Å²) in [7, 11) is 6.20. The van der Waals surface area contributed by atoms with Crippen molar-refractivity contribution in [2.45, 2.75) is 113 Å². The summed E-state index contributed by atoms with van der Waals surface area (Å²) in [6.45, 7) is 25.4. The van der Waals surface area contributed by atoms with E-state index in [1.165, 1.54) is 88.2 Å². The number of aliphatic hydroxyl groups is 1. The zero-order valence-corrected chi connectivity index (χ0v) is 86.8. The van der Waals surface area contributed by atoms with E-state index in [-0.39, 0.29) is 64.4 Å². The fourth-order valence-corrected chi connectivity index (χ4v) is 29.3. The molecule has 654 valence electrons. The molecule has 0 saturated heterocycles. The van der Waals surface area contributed by atoms with Gasteiger partial charge in [0.1, 0.15) is 47.0 Å². The molecule has 14 heterocycles. The molecule has 124 heavy (non-hydrogen) atoms. The smallest absolute Gasteiger partial charge is 1.00 e. The number of carbonyl (C=O) groups excluding carboxylic acids is 1. The van der Waals surface area contributed by atoms with Crippen molar-refractivity contribution in [1.29, 1.82) is 0 Å². The fourth-order valence-electron chi connectivity index (χ4n) is 12.1. The van der Waals surface area contributed by atoms with Crippen LogP contribution in [0, 0.1) is 7.43 Å². The van der Waals surface area contributed by atoms with E-state index in [2.05, 4.69) is 158 Å². The average Bonchev–Trinajstić information content (AvgIpc) is 0.593. The van der Waals surface area contributed by atoms with E-state index in [1.807, 2.05) is 6.92 Å². The minimum atomic E-state index is -2.24. The van der Waals surface area contributed by atoms with Crippen molar-refractivity contribution in [3.8, 4) is 23.5 Å². The third-order valence-corrected chi connectivity index (χ3v) is 36.8. The Balaban J connectivity index is 0.000000297. The van der Waals surface area contributed by atoms with E-state index in [4.69, 9.17) is 121 Å². The number of carbonyl (C=O) groups is 1. The molecule has 3 N–H and O–H groups in total. The zero-order chi connectivity index (χ0) is 88.8. The Bertz CT molecular complexity index is 6080. The van der Waals surface area contributed by atoms with E-state index in [0.717, 1.165) is 79.5 Å². The number of pyridine rings is 14. The zero-order valence-electron chi connectivity index (χ0n) is 70.1. The van der Waals surface area contributed by atoms with Gasteiger partial charge in [-0.1, -0.05) is 99.4 Å². The van der Waals surface area contributed by atoms with E-state index in [0.29, 0.717) is 110 Å². The number of hydrogen-bond acceptors (Lipinski definition) is 22. The molecule has 0 radical (unpaired) electrons. The Morgan fingerprint density at radius 2 is 0.790 bits per heavy atom.